The van der Waals surface area contributed by atoms with E-state index >= 15 is 0 Å². The number of nitrogens with zero attached hydrogens (tertiary/aromatic N) is 3. The lowest BCUT2D eigenvalue weighted by Crippen LogP contribution is -2.39. The highest BCUT2D eigenvalue weighted by Gasteiger charge is 2.12. The van der Waals surface area contributed by atoms with E-state index in [0.29, 0.717) is 6.54 Å². The lowest BCUT2D eigenvalue weighted by atomic mass is 10.1. The van der Waals surface area contributed by atoms with Crippen LogP contribution in [0.15, 0.2) is 6.20 Å². The van der Waals surface area contributed by atoms with Crippen LogP contribution in [0.1, 0.15) is 19.5 Å². The van der Waals surface area contributed by atoms with Crippen molar-refractivity contribution in [1.29, 1.82) is 0 Å². The fraction of sp³-hybridized carbons (Fsp3) is 0.556. The lowest BCUT2D eigenvalue weighted by Gasteiger charge is -2.17. The molecule has 0 saturated heterocycles. The quantitative estimate of drug-likeness (QED) is 0.825. The molecule has 0 atom stereocenters. The normalized spacial score (nSPS) is 12.3. The Morgan fingerprint density at radius 3 is 2.93 bits per heavy atom. The number of aryl methyl sites for hydroxylation is 1. The van der Waals surface area contributed by atoms with E-state index in [2.05, 4.69) is 15.4 Å². The second kappa shape index (κ2) is 3.46. The molecular weight excluding hydrogens is 210 g/mol. The van der Waals surface area contributed by atoms with Crippen LogP contribution in [0, 0.1) is 6.92 Å². The predicted octanol–water partition coefficient (Wildman–Crippen LogP) is 1.25. The summed E-state index contributed by atoms with van der Waals surface area (Å²) >= 11 is 1.53. The molecule has 0 unspecified atom stereocenters. The number of hydrogen-bond acceptors (Lipinski definition) is 5. The third kappa shape index (κ3) is 2.45. The van der Waals surface area contributed by atoms with E-state index in [0.717, 1.165) is 15.8 Å². The summed E-state index contributed by atoms with van der Waals surface area (Å²) in [5, 5.41) is 8.40. The summed E-state index contributed by atoms with van der Waals surface area (Å²) < 4.78 is 1.78. The average Bonchev–Trinajstić information content (AvgIpc) is 2.55. The Morgan fingerprint density at radius 1 is 1.60 bits per heavy atom. The first-order valence-corrected chi connectivity index (χ1v) is 5.61. The van der Waals surface area contributed by atoms with E-state index in [9.17, 15) is 0 Å². The first-order valence-electron chi connectivity index (χ1n) is 4.80. The maximum atomic E-state index is 5.87. The van der Waals surface area contributed by atoms with Crippen molar-refractivity contribution in [1.82, 2.24) is 14.6 Å². The van der Waals surface area contributed by atoms with Crippen LogP contribution < -0.4 is 11.1 Å². The highest BCUT2D eigenvalue weighted by molar-refractivity contribution is 7.20. The molecule has 0 bridgehead atoms. The Balaban J connectivity index is 2.12. The van der Waals surface area contributed by atoms with Gasteiger partial charge in [-0.05, 0) is 20.8 Å². The maximum Gasteiger partial charge on any atom is 0.214 e. The Bertz CT molecular complexity index is 433. The molecule has 5 nitrogen and oxygen atoms in total. The molecule has 0 spiro atoms. The molecule has 82 valence electrons. The van der Waals surface area contributed by atoms with Crippen LogP contribution in [-0.2, 0) is 0 Å². The Kier molecular flexibility index (Phi) is 2.40. The van der Waals surface area contributed by atoms with Crippen LogP contribution in [0.2, 0.25) is 0 Å². The monoisotopic (exact) mass is 225 g/mol. The third-order valence-corrected chi connectivity index (χ3v) is 2.74. The van der Waals surface area contributed by atoms with Gasteiger partial charge in [0.25, 0.3) is 0 Å². The number of hydrogen-bond donors (Lipinski definition) is 2. The summed E-state index contributed by atoms with van der Waals surface area (Å²) in [4.78, 5) is 5.23. The van der Waals surface area contributed by atoms with Crippen molar-refractivity contribution in [3.05, 3.63) is 11.9 Å². The standard InChI is InChI=1S/C9H15N5S/c1-6-4-14-8(12-6)15-7(13-14)11-5-9(2,3)10/h4H,5,10H2,1-3H3,(H,11,13). The molecule has 0 aromatic carbocycles. The van der Waals surface area contributed by atoms with Crippen molar-refractivity contribution < 1.29 is 0 Å². The highest BCUT2D eigenvalue weighted by atomic mass is 32.1. The summed E-state index contributed by atoms with van der Waals surface area (Å²) in [5.41, 5.74) is 6.62. The Hall–Kier alpha value is -1.14. The van der Waals surface area contributed by atoms with E-state index < -0.39 is 0 Å². The minimum absolute atomic E-state index is 0.232. The molecule has 0 aliphatic rings. The number of imidazole rings is 1. The summed E-state index contributed by atoms with van der Waals surface area (Å²) in [6.07, 6.45) is 1.91. The summed E-state index contributed by atoms with van der Waals surface area (Å²) in [5.74, 6) is 0. The summed E-state index contributed by atoms with van der Waals surface area (Å²) in [6.45, 7) is 6.60. The first kappa shape index (κ1) is 10.4. The first-order chi connectivity index (χ1) is 6.94. The lowest BCUT2D eigenvalue weighted by molar-refractivity contribution is 0.549. The van der Waals surface area contributed by atoms with Gasteiger partial charge in [-0.25, -0.2) is 9.50 Å². The van der Waals surface area contributed by atoms with Gasteiger partial charge >= 0.3 is 0 Å². The Labute approximate surface area is 92.3 Å². The predicted molar refractivity (Wildman–Crippen MR) is 62.4 cm³/mol. The molecule has 3 N–H and O–H groups in total. The van der Waals surface area contributed by atoms with Gasteiger partial charge in [0, 0.05) is 12.1 Å². The molecule has 6 heteroatoms. The topological polar surface area (TPSA) is 68.2 Å². The van der Waals surface area contributed by atoms with E-state index in [1.807, 2.05) is 27.0 Å². The van der Waals surface area contributed by atoms with Gasteiger partial charge < -0.3 is 11.1 Å². The summed E-state index contributed by atoms with van der Waals surface area (Å²) in [6, 6.07) is 0. The van der Waals surface area contributed by atoms with Crippen molar-refractivity contribution in [3.8, 4) is 0 Å². The Morgan fingerprint density at radius 2 is 2.33 bits per heavy atom. The zero-order valence-electron chi connectivity index (χ0n) is 9.11. The fourth-order valence-corrected chi connectivity index (χ4v) is 2.01. The number of aromatic nitrogens is 3. The van der Waals surface area contributed by atoms with Crippen molar-refractivity contribution in [3.63, 3.8) is 0 Å². The number of nitrogens with one attached hydrogen (secondary N) is 1. The molecule has 2 aromatic heterocycles. The van der Waals surface area contributed by atoms with Gasteiger partial charge in [0.15, 0.2) is 0 Å². The van der Waals surface area contributed by atoms with E-state index in [1.165, 1.54) is 11.3 Å². The van der Waals surface area contributed by atoms with Gasteiger partial charge in [-0.15, -0.1) is 5.10 Å². The van der Waals surface area contributed by atoms with Gasteiger partial charge in [0.1, 0.15) is 0 Å². The number of anilines is 1. The van der Waals surface area contributed by atoms with E-state index in [-0.39, 0.29) is 5.54 Å². The average molecular weight is 225 g/mol. The highest BCUT2D eigenvalue weighted by Crippen LogP contribution is 2.19. The van der Waals surface area contributed by atoms with Crippen LogP contribution in [-0.4, -0.2) is 26.7 Å². The van der Waals surface area contributed by atoms with E-state index in [1.54, 1.807) is 4.52 Å². The molecule has 0 aliphatic carbocycles. The minimum atomic E-state index is -0.232. The molecule has 0 aliphatic heterocycles. The van der Waals surface area contributed by atoms with Crippen LogP contribution in [0.4, 0.5) is 5.13 Å². The van der Waals surface area contributed by atoms with Crippen molar-refractivity contribution in [2.24, 2.45) is 5.73 Å². The molecule has 0 saturated carbocycles. The van der Waals surface area contributed by atoms with Gasteiger partial charge in [0.05, 0.1) is 11.9 Å². The zero-order chi connectivity index (χ0) is 11.1. The largest absolute Gasteiger partial charge is 0.358 e. The van der Waals surface area contributed by atoms with Crippen LogP contribution >= 0.6 is 11.3 Å². The second-order valence-electron chi connectivity index (χ2n) is 4.36. The second-order valence-corrected chi connectivity index (χ2v) is 5.31. The van der Waals surface area contributed by atoms with E-state index in [4.69, 9.17) is 5.73 Å². The SMILES string of the molecule is Cc1cn2nc(NCC(C)(C)N)sc2n1. The molecular formula is C9H15N5S. The van der Waals surface area contributed by atoms with Gasteiger partial charge in [0.2, 0.25) is 10.1 Å². The molecule has 2 heterocycles. The molecule has 2 rings (SSSR count). The smallest absolute Gasteiger partial charge is 0.214 e. The fourth-order valence-electron chi connectivity index (χ4n) is 1.18. The molecule has 0 amide bonds. The van der Waals surface area contributed by atoms with Crippen LogP contribution in [0.25, 0.3) is 4.96 Å². The minimum Gasteiger partial charge on any atom is -0.358 e. The molecule has 15 heavy (non-hydrogen) atoms. The van der Waals surface area contributed by atoms with Crippen molar-refractivity contribution >= 4 is 21.4 Å². The van der Waals surface area contributed by atoms with Gasteiger partial charge in [-0.2, -0.15) is 0 Å². The molecule has 0 radical (unpaired) electrons. The number of rotatable bonds is 3. The maximum absolute atomic E-state index is 5.87. The number of nitrogens with two attached hydrogens (primary N) is 1. The van der Waals surface area contributed by atoms with Crippen molar-refractivity contribution in [2.75, 3.05) is 11.9 Å². The zero-order valence-corrected chi connectivity index (χ0v) is 9.93. The van der Waals surface area contributed by atoms with Crippen LogP contribution in [0.5, 0.6) is 0 Å². The van der Waals surface area contributed by atoms with Gasteiger partial charge in [-0.1, -0.05) is 11.3 Å². The van der Waals surface area contributed by atoms with Crippen molar-refractivity contribution in [2.45, 2.75) is 26.3 Å². The van der Waals surface area contributed by atoms with Crippen LogP contribution in [0.3, 0.4) is 0 Å². The third-order valence-electron chi connectivity index (χ3n) is 1.86. The molecule has 2 aromatic rings. The summed E-state index contributed by atoms with van der Waals surface area (Å²) in [7, 11) is 0. The number of fused-ring (bicyclic) bond motifs is 1. The molecule has 0 fully saturated rings. The van der Waals surface area contributed by atoms with Gasteiger partial charge in [-0.3, -0.25) is 0 Å².